The summed E-state index contributed by atoms with van der Waals surface area (Å²) in [5.74, 6) is -0.845. The van der Waals surface area contributed by atoms with Crippen molar-refractivity contribution in [3.63, 3.8) is 0 Å². The molecule has 2 amide bonds. The number of fused-ring (bicyclic) bond motifs is 1. The van der Waals surface area contributed by atoms with Crippen LogP contribution in [-0.2, 0) is 0 Å². The first-order chi connectivity index (χ1) is 9.68. The van der Waals surface area contributed by atoms with Gasteiger partial charge in [0.25, 0.3) is 11.8 Å². The van der Waals surface area contributed by atoms with Crippen molar-refractivity contribution in [3.8, 4) is 0 Å². The van der Waals surface area contributed by atoms with Crippen LogP contribution in [0.5, 0.6) is 0 Å². The van der Waals surface area contributed by atoms with Crippen molar-refractivity contribution >= 4 is 29.6 Å². The first-order valence-electron chi connectivity index (χ1n) is 5.95. The Morgan fingerprint density at radius 1 is 0.900 bits per heavy atom. The molecule has 5 heteroatoms. The van der Waals surface area contributed by atoms with E-state index in [9.17, 15) is 9.59 Å². The molecular formula is C15H9ClN2O2. The summed E-state index contributed by atoms with van der Waals surface area (Å²) in [4.78, 5) is 24.1. The third kappa shape index (κ3) is 2.00. The Morgan fingerprint density at radius 2 is 1.45 bits per heavy atom. The van der Waals surface area contributed by atoms with Crippen molar-refractivity contribution in [2.45, 2.75) is 0 Å². The molecule has 0 saturated heterocycles. The second-order valence-electron chi connectivity index (χ2n) is 4.23. The van der Waals surface area contributed by atoms with E-state index in [1.807, 2.05) is 0 Å². The topological polar surface area (TPSA) is 49.7 Å². The molecule has 4 nitrogen and oxygen atoms in total. The molecule has 0 unspecified atom stereocenters. The number of imide groups is 1. The predicted molar refractivity (Wildman–Crippen MR) is 76.0 cm³/mol. The van der Waals surface area contributed by atoms with Crippen molar-refractivity contribution in [1.29, 1.82) is 0 Å². The number of amides is 2. The van der Waals surface area contributed by atoms with Crippen molar-refractivity contribution in [1.82, 2.24) is 5.01 Å². The molecule has 20 heavy (non-hydrogen) atoms. The van der Waals surface area contributed by atoms with Gasteiger partial charge in [0.2, 0.25) is 0 Å². The van der Waals surface area contributed by atoms with E-state index in [2.05, 4.69) is 5.10 Å². The molecule has 0 bridgehead atoms. The number of rotatable bonds is 2. The molecule has 3 rings (SSSR count). The highest BCUT2D eigenvalue weighted by Gasteiger charge is 2.35. The molecule has 2 aromatic rings. The van der Waals surface area contributed by atoms with Crippen molar-refractivity contribution in [2.75, 3.05) is 0 Å². The van der Waals surface area contributed by atoms with E-state index in [1.165, 1.54) is 6.21 Å². The van der Waals surface area contributed by atoms with Crippen LogP contribution in [0.3, 0.4) is 0 Å². The van der Waals surface area contributed by atoms with Crippen molar-refractivity contribution in [2.24, 2.45) is 5.10 Å². The molecule has 1 aliphatic rings. The van der Waals surface area contributed by atoms with Gasteiger partial charge >= 0.3 is 0 Å². The lowest BCUT2D eigenvalue weighted by molar-refractivity contribution is 0.0660. The van der Waals surface area contributed by atoms with E-state index in [-0.39, 0.29) is 0 Å². The van der Waals surface area contributed by atoms with E-state index in [0.717, 1.165) is 5.01 Å². The summed E-state index contributed by atoms with van der Waals surface area (Å²) >= 11 is 5.99. The quantitative estimate of drug-likeness (QED) is 0.629. The number of benzene rings is 2. The number of hydrazone groups is 1. The number of hydrogen-bond donors (Lipinski definition) is 0. The summed E-state index contributed by atoms with van der Waals surface area (Å²) in [7, 11) is 0. The van der Waals surface area contributed by atoms with Crippen molar-refractivity contribution < 1.29 is 9.59 Å². The number of carbonyl (C=O) groups is 2. The highest BCUT2D eigenvalue weighted by atomic mass is 35.5. The van der Waals surface area contributed by atoms with E-state index >= 15 is 0 Å². The first kappa shape index (κ1) is 12.6. The Bertz CT molecular complexity index is 705. The van der Waals surface area contributed by atoms with Gasteiger partial charge in [-0.05, 0) is 18.2 Å². The molecule has 0 atom stereocenters. The minimum absolute atomic E-state index is 0.369. The predicted octanol–water partition coefficient (Wildman–Crippen LogP) is 2.97. The van der Waals surface area contributed by atoms with Gasteiger partial charge in [-0.3, -0.25) is 9.59 Å². The maximum Gasteiger partial charge on any atom is 0.282 e. The molecule has 1 aliphatic heterocycles. The third-order valence-electron chi connectivity index (χ3n) is 2.99. The molecule has 2 aromatic carbocycles. The molecular weight excluding hydrogens is 276 g/mol. The summed E-state index contributed by atoms with van der Waals surface area (Å²) in [6, 6.07) is 13.7. The molecule has 0 fully saturated rings. The van der Waals surface area contributed by atoms with Crippen LogP contribution in [0.15, 0.2) is 53.6 Å². The average molecular weight is 285 g/mol. The van der Waals surface area contributed by atoms with Crippen LogP contribution in [0.2, 0.25) is 5.02 Å². The van der Waals surface area contributed by atoms with Gasteiger partial charge in [-0.25, -0.2) is 0 Å². The van der Waals surface area contributed by atoms with Crippen LogP contribution in [-0.4, -0.2) is 23.0 Å². The molecule has 1 heterocycles. The van der Waals surface area contributed by atoms with Crippen LogP contribution in [0.25, 0.3) is 0 Å². The molecule has 0 saturated carbocycles. The van der Waals surface area contributed by atoms with E-state index < -0.39 is 11.8 Å². The summed E-state index contributed by atoms with van der Waals surface area (Å²) in [6.07, 6.45) is 1.41. The standard InChI is InChI=1S/C15H9ClN2O2/c16-13-8-4-1-5-10(13)9-17-18-14(19)11-6-2-3-7-12(11)15(18)20/h1-9H. The lowest BCUT2D eigenvalue weighted by Crippen LogP contribution is -2.24. The highest BCUT2D eigenvalue weighted by molar-refractivity contribution is 6.33. The Labute approximate surface area is 120 Å². The minimum atomic E-state index is -0.422. The van der Waals surface area contributed by atoms with Gasteiger partial charge in [0.15, 0.2) is 0 Å². The number of carbonyl (C=O) groups excluding carboxylic acids is 2. The Balaban J connectivity index is 1.93. The fourth-order valence-corrected chi connectivity index (χ4v) is 2.17. The van der Waals surface area contributed by atoms with Crippen LogP contribution in [0, 0.1) is 0 Å². The van der Waals surface area contributed by atoms with Gasteiger partial charge in [-0.2, -0.15) is 10.1 Å². The maximum atomic E-state index is 12.1. The Kier molecular flexibility index (Phi) is 3.08. The largest absolute Gasteiger partial charge is 0.282 e. The summed E-state index contributed by atoms with van der Waals surface area (Å²) in [5.41, 5.74) is 1.38. The minimum Gasteiger partial charge on any atom is -0.267 e. The maximum absolute atomic E-state index is 12.1. The summed E-state index contributed by atoms with van der Waals surface area (Å²) < 4.78 is 0. The fourth-order valence-electron chi connectivity index (χ4n) is 1.98. The van der Waals surface area contributed by atoms with Crippen LogP contribution < -0.4 is 0 Å². The Morgan fingerprint density at radius 3 is 2.05 bits per heavy atom. The molecule has 0 N–H and O–H groups in total. The Hall–Kier alpha value is -2.46. The van der Waals surface area contributed by atoms with Gasteiger partial charge in [-0.1, -0.05) is 41.9 Å². The first-order valence-corrected chi connectivity index (χ1v) is 6.32. The van der Waals surface area contributed by atoms with Gasteiger partial charge in [0.05, 0.1) is 17.3 Å². The zero-order valence-electron chi connectivity index (χ0n) is 10.3. The SMILES string of the molecule is O=C1c2ccccc2C(=O)N1N=Cc1ccccc1Cl. The molecule has 98 valence electrons. The van der Waals surface area contributed by atoms with Crippen LogP contribution in [0.1, 0.15) is 26.3 Å². The fraction of sp³-hybridized carbons (Fsp3) is 0. The monoisotopic (exact) mass is 284 g/mol. The molecule has 0 spiro atoms. The second-order valence-corrected chi connectivity index (χ2v) is 4.64. The lowest BCUT2D eigenvalue weighted by atomic mass is 10.1. The molecule has 0 radical (unpaired) electrons. The van der Waals surface area contributed by atoms with E-state index in [4.69, 9.17) is 11.6 Å². The number of hydrogen-bond acceptors (Lipinski definition) is 3. The van der Waals surface area contributed by atoms with Crippen LogP contribution in [0.4, 0.5) is 0 Å². The molecule has 0 aromatic heterocycles. The lowest BCUT2D eigenvalue weighted by Gasteiger charge is -2.05. The number of halogens is 1. The van der Waals surface area contributed by atoms with Crippen molar-refractivity contribution in [3.05, 3.63) is 70.2 Å². The van der Waals surface area contributed by atoms with E-state index in [0.29, 0.717) is 21.7 Å². The summed E-state index contributed by atoms with van der Waals surface area (Å²) in [5, 5.41) is 5.32. The zero-order valence-corrected chi connectivity index (χ0v) is 11.0. The average Bonchev–Trinajstić information content (AvgIpc) is 2.71. The van der Waals surface area contributed by atoms with Gasteiger partial charge in [0.1, 0.15) is 0 Å². The zero-order chi connectivity index (χ0) is 14.1. The van der Waals surface area contributed by atoms with Crippen LogP contribution >= 0.6 is 11.6 Å². The van der Waals surface area contributed by atoms with Gasteiger partial charge < -0.3 is 0 Å². The number of nitrogens with zero attached hydrogens (tertiary/aromatic N) is 2. The van der Waals surface area contributed by atoms with E-state index in [1.54, 1.807) is 48.5 Å². The highest BCUT2D eigenvalue weighted by Crippen LogP contribution is 2.22. The summed E-state index contributed by atoms with van der Waals surface area (Å²) in [6.45, 7) is 0. The molecule has 0 aliphatic carbocycles. The van der Waals surface area contributed by atoms with Gasteiger partial charge in [0, 0.05) is 10.6 Å². The third-order valence-corrected chi connectivity index (χ3v) is 3.33. The smallest absolute Gasteiger partial charge is 0.267 e. The van der Waals surface area contributed by atoms with Gasteiger partial charge in [-0.15, -0.1) is 0 Å². The normalized spacial score (nSPS) is 14.2. The second kappa shape index (κ2) is 4.90.